The molecule has 2 aromatic heterocycles. The Labute approximate surface area is 163 Å². The third-order valence-corrected chi connectivity index (χ3v) is 4.09. The van der Waals surface area contributed by atoms with E-state index >= 15 is 0 Å². The molecule has 3 aromatic rings. The third kappa shape index (κ3) is 4.01. The number of halogens is 3. The van der Waals surface area contributed by atoms with Crippen molar-refractivity contribution in [3.8, 4) is 28.7 Å². The maximum Gasteiger partial charge on any atom is 0.434 e. The lowest BCUT2D eigenvalue weighted by molar-refractivity contribution is -0.140. The molecule has 0 fully saturated rings. The first-order valence-electron chi connectivity index (χ1n) is 8.44. The van der Waals surface area contributed by atoms with Crippen molar-refractivity contribution in [2.75, 3.05) is 7.11 Å². The molecule has 6 nitrogen and oxygen atoms in total. The number of nitriles is 1. The Bertz CT molecular complexity index is 1160. The van der Waals surface area contributed by atoms with Crippen molar-refractivity contribution >= 4 is 5.65 Å². The predicted octanol–water partition coefficient (Wildman–Crippen LogP) is 4.07. The van der Waals surface area contributed by atoms with Crippen LogP contribution in [0.25, 0.3) is 16.8 Å². The molecule has 0 saturated carbocycles. The number of pyridine rings is 1. The van der Waals surface area contributed by atoms with Gasteiger partial charge in [-0.2, -0.15) is 18.4 Å². The third-order valence-electron chi connectivity index (χ3n) is 4.09. The predicted molar refractivity (Wildman–Crippen MR) is 98.8 cm³/mol. The van der Waals surface area contributed by atoms with Gasteiger partial charge in [-0.3, -0.25) is 9.20 Å². The zero-order chi connectivity index (χ0) is 21.4. The number of benzene rings is 1. The molecule has 0 amide bonds. The number of hydrogen-bond acceptors (Lipinski definition) is 5. The summed E-state index contributed by atoms with van der Waals surface area (Å²) in [6, 6.07) is 10.1. The van der Waals surface area contributed by atoms with E-state index in [2.05, 4.69) is 4.98 Å². The van der Waals surface area contributed by atoms with E-state index in [-0.39, 0.29) is 22.7 Å². The van der Waals surface area contributed by atoms with Gasteiger partial charge in [0.1, 0.15) is 23.2 Å². The molecular weight excluding hydrogens is 387 g/mol. The van der Waals surface area contributed by atoms with Gasteiger partial charge in [0.15, 0.2) is 11.3 Å². The maximum absolute atomic E-state index is 13.7. The molecule has 0 N–H and O–H groups in total. The number of aromatic nitrogens is 2. The topological polar surface area (TPSA) is 76.6 Å². The molecule has 29 heavy (non-hydrogen) atoms. The summed E-state index contributed by atoms with van der Waals surface area (Å²) in [6.07, 6.45) is -3.54. The highest BCUT2D eigenvalue weighted by molar-refractivity contribution is 5.68. The van der Waals surface area contributed by atoms with E-state index in [0.29, 0.717) is 0 Å². The molecule has 0 saturated heterocycles. The second-order valence-corrected chi connectivity index (χ2v) is 6.68. The van der Waals surface area contributed by atoms with E-state index in [1.165, 1.54) is 49.7 Å². The number of hydrogen-bond donors (Lipinski definition) is 0. The lowest BCUT2D eigenvalue weighted by Gasteiger charge is -2.18. The van der Waals surface area contributed by atoms with Gasteiger partial charge < -0.3 is 9.47 Å². The monoisotopic (exact) mass is 403 g/mol. The molecule has 9 heteroatoms. The largest absolute Gasteiger partial charge is 0.497 e. The van der Waals surface area contributed by atoms with Crippen molar-refractivity contribution in [2.24, 2.45) is 0 Å². The van der Waals surface area contributed by atoms with Gasteiger partial charge in [-0.05, 0) is 37.6 Å². The molecule has 0 unspecified atom stereocenters. The summed E-state index contributed by atoms with van der Waals surface area (Å²) in [5, 5.41) is 9.03. The van der Waals surface area contributed by atoms with E-state index in [1.807, 2.05) is 6.07 Å². The highest BCUT2D eigenvalue weighted by Crippen LogP contribution is 2.35. The van der Waals surface area contributed by atoms with E-state index in [4.69, 9.17) is 14.7 Å². The van der Waals surface area contributed by atoms with Gasteiger partial charge in [0.2, 0.25) is 0 Å². The fraction of sp³-hybridized carbons (Fsp3) is 0.250. The second-order valence-electron chi connectivity index (χ2n) is 6.68. The first-order chi connectivity index (χ1) is 13.6. The second kappa shape index (κ2) is 7.13. The average molecular weight is 403 g/mol. The van der Waals surface area contributed by atoms with E-state index < -0.39 is 28.6 Å². The van der Waals surface area contributed by atoms with Gasteiger partial charge in [0.25, 0.3) is 5.56 Å². The Morgan fingerprint density at radius 3 is 2.31 bits per heavy atom. The SMILES string of the molecule is COc1ccn2c(=O)c(-c3ccc(OC(C)(C)C#N)cc3)c(C(F)(F)F)nc2c1. The van der Waals surface area contributed by atoms with Gasteiger partial charge in [0, 0.05) is 12.3 Å². The van der Waals surface area contributed by atoms with Crippen LogP contribution in [0.4, 0.5) is 13.2 Å². The molecule has 0 atom stereocenters. The molecule has 0 aliphatic carbocycles. The smallest absolute Gasteiger partial charge is 0.434 e. The molecule has 0 aliphatic rings. The zero-order valence-corrected chi connectivity index (χ0v) is 15.7. The molecule has 0 bridgehead atoms. The molecule has 0 spiro atoms. The van der Waals surface area contributed by atoms with Crippen LogP contribution in [0.5, 0.6) is 11.5 Å². The van der Waals surface area contributed by atoms with Crippen LogP contribution in [-0.2, 0) is 6.18 Å². The lowest BCUT2D eigenvalue weighted by Crippen LogP contribution is -2.25. The van der Waals surface area contributed by atoms with Crippen molar-refractivity contribution in [3.05, 3.63) is 58.6 Å². The summed E-state index contributed by atoms with van der Waals surface area (Å²) in [7, 11) is 1.36. The Kier molecular flexibility index (Phi) is 4.96. The van der Waals surface area contributed by atoms with Gasteiger partial charge in [0.05, 0.1) is 12.7 Å². The minimum absolute atomic E-state index is 0.0298. The minimum atomic E-state index is -4.84. The van der Waals surface area contributed by atoms with Crippen LogP contribution in [0.3, 0.4) is 0 Å². The highest BCUT2D eigenvalue weighted by atomic mass is 19.4. The molecular formula is C20H16F3N3O3. The highest BCUT2D eigenvalue weighted by Gasteiger charge is 2.38. The van der Waals surface area contributed by atoms with Crippen molar-refractivity contribution < 1.29 is 22.6 Å². The summed E-state index contributed by atoms with van der Waals surface area (Å²) in [4.78, 5) is 16.5. The van der Waals surface area contributed by atoms with Crippen LogP contribution in [0, 0.1) is 11.3 Å². The van der Waals surface area contributed by atoms with Crippen molar-refractivity contribution in [1.82, 2.24) is 9.38 Å². The number of alkyl halides is 3. The fourth-order valence-corrected chi connectivity index (χ4v) is 2.72. The molecule has 0 aliphatic heterocycles. The molecule has 1 aromatic carbocycles. The number of ether oxygens (including phenoxy) is 2. The Morgan fingerprint density at radius 1 is 1.10 bits per heavy atom. The number of nitrogens with zero attached hydrogens (tertiary/aromatic N) is 3. The Morgan fingerprint density at radius 2 is 1.76 bits per heavy atom. The van der Waals surface area contributed by atoms with Crippen LogP contribution in [0.15, 0.2) is 47.4 Å². The Hall–Kier alpha value is -3.54. The van der Waals surface area contributed by atoms with Crippen molar-refractivity contribution in [1.29, 1.82) is 5.26 Å². The quantitative estimate of drug-likeness (QED) is 0.656. The zero-order valence-electron chi connectivity index (χ0n) is 15.7. The van der Waals surface area contributed by atoms with Gasteiger partial charge in [-0.1, -0.05) is 12.1 Å². The van der Waals surface area contributed by atoms with Crippen molar-refractivity contribution in [2.45, 2.75) is 25.6 Å². The van der Waals surface area contributed by atoms with E-state index in [1.54, 1.807) is 13.8 Å². The number of methoxy groups -OCH3 is 1. The summed E-state index contributed by atoms with van der Waals surface area (Å²) in [5.74, 6) is 0.562. The standard InChI is InChI=1S/C20H16F3N3O3/c1-19(2,11-24)29-13-6-4-12(5-7-13)16-17(20(21,22)23)25-15-10-14(28-3)8-9-26(15)18(16)27/h4-10H,1-3H3. The van der Waals surface area contributed by atoms with E-state index in [9.17, 15) is 18.0 Å². The van der Waals surface area contributed by atoms with Gasteiger partial charge >= 0.3 is 6.18 Å². The van der Waals surface area contributed by atoms with Crippen LogP contribution in [-0.4, -0.2) is 22.1 Å². The van der Waals surface area contributed by atoms with Crippen LogP contribution in [0.2, 0.25) is 0 Å². The molecule has 0 radical (unpaired) electrons. The lowest BCUT2D eigenvalue weighted by atomic mass is 10.0. The van der Waals surface area contributed by atoms with E-state index in [0.717, 1.165) is 4.40 Å². The molecule has 150 valence electrons. The summed E-state index contributed by atoms with van der Waals surface area (Å²) >= 11 is 0. The fourth-order valence-electron chi connectivity index (χ4n) is 2.72. The van der Waals surface area contributed by atoms with Crippen LogP contribution >= 0.6 is 0 Å². The summed E-state index contributed by atoms with van der Waals surface area (Å²) in [6.45, 7) is 3.10. The van der Waals surface area contributed by atoms with Crippen LogP contribution < -0.4 is 15.0 Å². The van der Waals surface area contributed by atoms with Gasteiger partial charge in [-0.25, -0.2) is 4.98 Å². The number of rotatable bonds is 4. The normalized spacial score (nSPS) is 11.9. The van der Waals surface area contributed by atoms with Gasteiger partial charge in [-0.15, -0.1) is 0 Å². The summed E-state index contributed by atoms with van der Waals surface area (Å²) < 4.78 is 52.5. The Balaban J connectivity index is 2.19. The first-order valence-corrected chi connectivity index (χ1v) is 8.44. The molecule has 3 rings (SSSR count). The molecule has 2 heterocycles. The van der Waals surface area contributed by atoms with Crippen LogP contribution in [0.1, 0.15) is 19.5 Å². The maximum atomic E-state index is 13.7. The minimum Gasteiger partial charge on any atom is -0.497 e. The van der Waals surface area contributed by atoms with Crippen molar-refractivity contribution in [3.63, 3.8) is 0 Å². The average Bonchev–Trinajstić information content (AvgIpc) is 2.67. The first kappa shape index (κ1) is 20.2. The summed E-state index contributed by atoms with van der Waals surface area (Å²) in [5.41, 5.74) is -3.99. The number of fused-ring (bicyclic) bond motifs is 1.